The number of anilines is 3. The Morgan fingerprint density at radius 2 is 1.09 bits per heavy atom. The van der Waals surface area contributed by atoms with Gasteiger partial charge in [-0.25, -0.2) is 14.8 Å². The van der Waals surface area contributed by atoms with Crippen LogP contribution in [0.3, 0.4) is 0 Å². The van der Waals surface area contributed by atoms with Gasteiger partial charge in [-0.05, 0) is 84.1 Å². The average Bonchev–Trinajstić information content (AvgIpc) is 3.74. The quantitative estimate of drug-likeness (QED) is 0.104. The van der Waals surface area contributed by atoms with E-state index in [1.807, 2.05) is 60.7 Å². The molecule has 0 unspecified atom stereocenters. The Hall–Kier alpha value is -7.14. The van der Waals surface area contributed by atoms with Gasteiger partial charge in [0.25, 0.3) is 0 Å². The number of nitrogens with zero attached hydrogens (tertiary/aromatic N) is 4. The van der Waals surface area contributed by atoms with Crippen molar-refractivity contribution in [3.05, 3.63) is 179 Å². The lowest BCUT2D eigenvalue weighted by Crippen LogP contribution is -2.10. The summed E-state index contributed by atoms with van der Waals surface area (Å²) in [6.45, 7) is 4.34. The van der Waals surface area contributed by atoms with Crippen LogP contribution in [-0.2, 0) is 17.6 Å². The number of hydrogen-bond acceptors (Lipinski definition) is 6. The highest BCUT2D eigenvalue weighted by molar-refractivity contribution is 7.16. The minimum Gasteiger partial charge on any atom is -0.477 e. The maximum atomic E-state index is 11.6. The largest absolute Gasteiger partial charge is 0.477 e. The van der Waals surface area contributed by atoms with E-state index in [4.69, 9.17) is 9.97 Å². The summed E-state index contributed by atoms with van der Waals surface area (Å²) >= 11 is 1.41. The van der Waals surface area contributed by atoms with E-state index in [0.717, 1.165) is 85.0 Å². The summed E-state index contributed by atoms with van der Waals surface area (Å²) in [7, 11) is 0. The second-order valence-electron chi connectivity index (χ2n) is 13.6. The van der Waals surface area contributed by atoms with Gasteiger partial charge >= 0.3 is 5.97 Å². The van der Waals surface area contributed by atoms with E-state index >= 15 is 0 Å². The molecule has 0 atom stereocenters. The first-order chi connectivity index (χ1) is 27.9. The van der Waals surface area contributed by atoms with Crippen molar-refractivity contribution < 1.29 is 9.90 Å². The molecule has 6 nitrogen and oxygen atoms in total. The molecule has 0 fully saturated rings. The predicted molar refractivity (Wildman–Crippen MR) is 234 cm³/mol. The van der Waals surface area contributed by atoms with Crippen LogP contribution in [0.1, 0.15) is 29.9 Å². The van der Waals surface area contributed by atoms with E-state index in [0.29, 0.717) is 4.88 Å². The molecule has 57 heavy (non-hydrogen) atoms. The molecule has 8 rings (SSSR count). The molecule has 8 aromatic rings. The van der Waals surface area contributed by atoms with Crippen molar-refractivity contribution in [1.82, 2.24) is 9.97 Å². The number of thiophene rings is 1. The summed E-state index contributed by atoms with van der Waals surface area (Å²) in [5, 5.41) is 18.9. The zero-order valence-electron chi connectivity index (χ0n) is 31.6. The molecule has 0 amide bonds. The first kappa shape index (κ1) is 36.8. The number of nitriles is 1. The number of aromatic nitrogens is 2. The first-order valence-electron chi connectivity index (χ1n) is 18.9. The van der Waals surface area contributed by atoms with Crippen LogP contribution in [0.2, 0.25) is 0 Å². The van der Waals surface area contributed by atoms with E-state index in [1.54, 1.807) is 6.07 Å². The van der Waals surface area contributed by atoms with Crippen molar-refractivity contribution >= 4 is 51.5 Å². The van der Waals surface area contributed by atoms with Crippen molar-refractivity contribution in [2.24, 2.45) is 0 Å². The van der Waals surface area contributed by atoms with Gasteiger partial charge in [-0.3, -0.25) is 0 Å². The Bertz CT molecular complexity index is 2720. The maximum absolute atomic E-state index is 11.6. The topological polar surface area (TPSA) is 90.1 Å². The van der Waals surface area contributed by atoms with Crippen molar-refractivity contribution in [3.8, 4) is 50.2 Å². The van der Waals surface area contributed by atoms with E-state index < -0.39 is 5.97 Å². The zero-order chi connectivity index (χ0) is 39.3. The van der Waals surface area contributed by atoms with Crippen LogP contribution < -0.4 is 4.90 Å². The SMILES string of the molecule is CCc1ccc(N(c2ccc(CC)cc2)c2ccc(-c3ccc(-c4ccc(/C=C(\C#N)C(=O)O)s4)c4nc(-c5ccccc5)c(-c5ccccc5)nc34)cc2)cc1. The summed E-state index contributed by atoms with van der Waals surface area (Å²) in [5.74, 6) is -1.26. The lowest BCUT2D eigenvalue weighted by atomic mass is 9.97. The molecule has 0 aliphatic carbocycles. The highest BCUT2D eigenvalue weighted by Gasteiger charge is 2.21. The van der Waals surface area contributed by atoms with E-state index in [2.05, 4.69) is 116 Å². The van der Waals surface area contributed by atoms with Crippen molar-refractivity contribution in [1.29, 1.82) is 5.26 Å². The maximum Gasteiger partial charge on any atom is 0.346 e. The van der Waals surface area contributed by atoms with Gasteiger partial charge in [0, 0.05) is 49.1 Å². The molecular weight excluding hydrogens is 721 g/mol. The van der Waals surface area contributed by atoms with Gasteiger partial charge in [-0.2, -0.15) is 5.26 Å². The number of fused-ring (bicyclic) bond motifs is 1. The smallest absolute Gasteiger partial charge is 0.346 e. The molecule has 0 saturated heterocycles. The standard InChI is InChI=1S/C50H38N4O2S/c1-3-33-15-21-39(22-16-33)54(40-23-17-34(4-2)18-24-40)41-25-19-35(20-26-41)43-28-29-44(45-30-27-42(57-45)31-38(32-51)50(55)56)49-48(43)52-46(36-11-7-5-8-12-36)47(53-49)37-13-9-6-10-14-37/h5-31H,3-4H2,1-2H3,(H,55,56)/b38-31+. The molecule has 1 N–H and O–H groups in total. The third-order valence-corrected chi connectivity index (χ3v) is 11.2. The van der Waals surface area contributed by atoms with Crippen molar-refractivity contribution in [2.75, 3.05) is 4.90 Å². The van der Waals surface area contributed by atoms with Gasteiger partial charge in [0.05, 0.1) is 22.4 Å². The third kappa shape index (κ3) is 7.59. The fourth-order valence-corrected chi connectivity index (χ4v) is 8.00. The molecule has 6 aromatic carbocycles. The Morgan fingerprint density at radius 3 is 1.56 bits per heavy atom. The van der Waals surface area contributed by atoms with Crippen LogP contribution in [0.15, 0.2) is 163 Å². The normalized spacial score (nSPS) is 11.4. The summed E-state index contributed by atoms with van der Waals surface area (Å²) in [6, 6.07) is 56.1. The number of carboxylic acid groups (broad SMARTS) is 1. The van der Waals surface area contributed by atoms with Gasteiger partial charge in [0.1, 0.15) is 11.6 Å². The van der Waals surface area contributed by atoms with Gasteiger partial charge in [0.15, 0.2) is 0 Å². The lowest BCUT2D eigenvalue weighted by Gasteiger charge is -2.26. The molecule has 0 saturated carbocycles. The second-order valence-corrected chi connectivity index (χ2v) is 14.7. The molecule has 0 radical (unpaired) electrons. The number of hydrogen-bond donors (Lipinski definition) is 1. The second kappa shape index (κ2) is 16.3. The summed E-state index contributed by atoms with van der Waals surface area (Å²) < 4.78 is 0. The molecule has 276 valence electrons. The zero-order valence-corrected chi connectivity index (χ0v) is 32.4. The molecule has 0 spiro atoms. The van der Waals surface area contributed by atoms with Crippen molar-refractivity contribution in [3.63, 3.8) is 0 Å². The number of carbonyl (C=O) groups is 1. The van der Waals surface area contributed by atoms with Gasteiger partial charge in [0.2, 0.25) is 0 Å². The van der Waals surface area contributed by atoms with Gasteiger partial charge < -0.3 is 10.0 Å². The number of benzene rings is 6. The fourth-order valence-electron chi connectivity index (χ4n) is 7.02. The summed E-state index contributed by atoms with van der Waals surface area (Å²) in [6.07, 6.45) is 3.36. The average molecular weight is 759 g/mol. The van der Waals surface area contributed by atoms with Gasteiger partial charge in [-0.1, -0.05) is 123 Å². The number of aryl methyl sites for hydroxylation is 2. The van der Waals surface area contributed by atoms with Crippen LogP contribution in [0.5, 0.6) is 0 Å². The number of rotatable bonds is 11. The number of carboxylic acids is 1. The van der Waals surface area contributed by atoms with Crippen LogP contribution >= 0.6 is 11.3 Å². The first-order valence-corrected chi connectivity index (χ1v) is 19.7. The Morgan fingerprint density at radius 1 is 0.614 bits per heavy atom. The molecule has 0 bridgehead atoms. The van der Waals surface area contributed by atoms with E-state index in [9.17, 15) is 15.2 Å². The van der Waals surface area contributed by atoms with E-state index in [1.165, 1.54) is 28.5 Å². The summed E-state index contributed by atoms with van der Waals surface area (Å²) in [4.78, 5) is 26.3. The molecule has 0 aliphatic rings. The Labute approximate surface area is 336 Å². The van der Waals surface area contributed by atoms with Crippen LogP contribution in [0.4, 0.5) is 17.1 Å². The van der Waals surface area contributed by atoms with Crippen molar-refractivity contribution in [2.45, 2.75) is 26.7 Å². The summed E-state index contributed by atoms with van der Waals surface area (Å²) in [5.41, 5.74) is 13.2. The third-order valence-electron chi connectivity index (χ3n) is 10.1. The van der Waals surface area contributed by atoms with Crippen LogP contribution in [-0.4, -0.2) is 21.0 Å². The Balaban J connectivity index is 1.31. The lowest BCUT2D eigenvalue weighted by molar-refractivity contribution is -0.132. The highest BCUT2D eigenvalue weighted by atomic mass is 32.1. The fraction of sp³-hybridized carbons (Fsp3) is 0.0800. The highest BCUT2D eigenvalue weighted by Crippen LogP contribution is 2.42. The minimum absolute atomic E-state index is 0.319. The molecule has 2 aromatic heterocycles. The van der Waals surface area contributed by atoms with Crippen LogP contribution in [0.25, 0.3) is 61.2 Å². The predicted octanol–water partition coefficient (Wildman–Crippen LogP) is 12.9. The molecular formula is C50H38N4O2S. The molecule has 7 heteroatoms. The number of aliphatic carboxylic acids is 1. The van der Waals surface area contributed by atoms with Gasteiger partial charge in [-0.15, -0.1) is 11.3 Å². The van der Waals surface area contributed by atoms with Crippen LogP contribution in [0, 0.1) is 11.3 Å². The monoisotopic (exact) mass is 758 g/mol. The Kier molecular flexibility index (Phi) is 10.5. The minimum atomic E-state index is -1.26. The van der Waals surface area contributed by atoms with E-state index in [-0.39, 0.29) is 5.57 Å². The molecule has 0 aliphatic heterocycles. The molecule has 2 heterocycles.